The van der Waals surface area contributed by atoms with Crippen molar-refractivity contribution in [3.63, 3.8) is 0 Å². The van der Waals surface area contributed by atoms with Gasteiger partial charge in [0.15, 0.2) is 5.75 Å². The molecule has 0 saturated carbocycles. The van der Waals surface area contributed by atoms with Crippen molar-refractivity contribution in [1.82, 2.24) is 0 Å². The molecule has 1 N–H and O–H groups in total. The lowest BCUT2D eigenvalue weighted by atomic mass is 10.1. The number of nitriles is 1. The van der Waals surface area contributed by atoms with Crippen LogP contribution in [0.15, 0.2) is 35.9 Å². The Morgan fingerprint density at radius 3 is 2.40 bits per heavy atom. The smallest absolute Gasteiger partial charge is 0.266 e. The van der Waals surface area contributed by atoms with E-state index in [2.05, 4.69) is 5.32 Å². The molecule has 1 amide bonds. The molecule has 0 bridgehead atoms. The molecule has 0 heterocycles. The number of carbonyl (C=O) groups excluding carboxylic acids is 1. The van der Waals surface area contributed by atoms with Crippen LogP contribution in [0.2, 0.25) is 15.1 Å². The first-order chi connectivity index (χ1) is 11.9. The molecule has 128 valence electrons. The standard InChI is InChI=1S/C18H13Cl3N2O2/c1-10-13(19)4-3-5-16(10)23-18(24)12(9-22)6-11-7-14(20)17(25-2)15(21)8-11/h3-8H,1-2H3,(H,23,24)/b12-6-. The third kappa shape index (κ3) is 4.46. The number of hydrogen-bond acceptors (Lipinski definition) is 3. The number of hydrogen-bond donors (Lipinski definition) is 1. The Bertz CT molecular complexity index is 879. The fourth-order valence-electron chi connectivity index (χ4n) is 2.11. The number of benzene rings is 2. The summed E-state index contributed by atoms with van der Waals surface area (Å²) in [6.45, 7) is 1.77. The normalized spacial score (nSPS) is 11.0. The molecule has 2 aromatic rings. The van der Waals surface area contributed by atoms with Crippen molar-refractivity contribution < 1.29 is 9.53 Å². The molecular weight excluding hydrogens is 383 g/mol. The largest absolute Gasteiger partial charge is 0.494 e. The molecule has 0 aromatic heterocycles. The molecule has 25 heavy (non-hydrogen) atoms. The number of methoxy groups -OCH3 is 1. The van der Waals surface area contributed by atoms with Crippen LogP contribution in [0.5, 0.6) is 5.75 Å². The van der Waals surface area contributed by atoms with Gasteiger partial charge in [-0.3, -0.25) is 4.79 Å². The second-order valence-electron chi connectivity index (χ2n) is 5.05. The van der Waals surface area contributed by atoms with Crippen molar-refractivity contribution in [2.45, 2.75) is 6.92 Å². The summed E-state index contributed by atoms with van der Waals surface area (Å²) in [6.07, 6.45) is 1.40. The van der Waals surface area contributed by atoms with Gasteiger partial charge >= 0.3 is 0 Å². The van der Waals surface area contributed by atoms with E-state index in [0.29, 0.717) is 27.6 Å². The van der Waals surface area contributed by atoms with E-state index in [1.165, 1.54) is 13.2 Å². The van der Waals surface area contributed by atoms with E-state index < -0.39 is 5.91 Å². The zero-order valence-electron chi connectivity index (χ0n) is 13.4. The summed E-state index contributed by atoms with van der Waals surface area (Å²) >= 11 is 18.2. The second-order valence-corrected chi connectivity index (χ2v) is 6.28. The van der Waals surface area contributed by atoms with Crippen LogP contribution in [0, 0.1) is 18.3 Å². The maximum atomic E-state index is 12.4. The SMILES string of the molecule is COc1c(Cl)cc(/C=C(/C#N)C(=O)Nc2cccc(Cl)c2C)cc1Cl. The molecule has 0 saturated heterocycles. The average molecular weight is 396 g/mol. The van der Waals surface area contributed by atoms with Gasteiger partial charge in [-0.1, -0.05) is 40.9 Å². The van der Waals surface area contributed by atoms with Crippen molar-refractivity contribution >= 4 is 52.5 Å². The van der Waals surface area contributed by atoms with Crippen LogP contribution in [0.4, 0.5) is 5.69 Å². The Hall–Kier alpha value is -2.19. The minimum Gasteiger partial charge on any atom is -0.494 e. The van der Waals surface area contributed by atoms with E-state index in [-0.39, 0.29) is 15.6 Å². The highest BCUT2D eigenvalue weighted by atomic mass is 35.5. The summed E-state index contributed by atoms with van der Waals surface area (Å²) < 4.78 is 5.07. The summed E-state index contributed by atoms with van der Waals surface area (Å²) in [5.41, 5.74) is 1.65. The van der Waals surface area contributed by atoms with Crippen LogP contribution in [0.3, 0.4) is 0 Å². The number of rotatable bonds is 4. The third-order valence-corrected chi connectivity index (χ3v) is 4.39. The first-order valence-electron chi connectivity index (χ1n) is 7.08. The van der Waals surface area contributed by atoms with E-state index in [4.69, 9.17) is 39.5 Å². The molecule has 0 aliphatic rings. The maximum Gasteiger partial charge on any atom is 0.266 e. The highest BCUT2D eigenvalue weighted by molar-refractivity contribution is 6.37. The van der Waals surface area contributed by atoms with Gasteiger partial charge in [0.25, 0.3) is 5.91 Å². The lowest BCUT2D eigenvalue weighted by Gasteiger charge is -2.09. The van der Waals surface area contributed by atoms with Crippen molar-refractivity contribution in [3.8, 4) is 11.8 Å². The average Bonchev–Trinajstić information content (AvgIpc) is 2.56. The van der Waals surface area contributed by atoms with Crippen LogP contribution in [-0.4, -0.2) is 13.0 Å². The minimum atomic E-state index is -0.559. The van der Waals surface area contributed by atoms with Crippen LogP contribution < -0.4 is 10.1 Å². The number of carbonyl (C=O) groups is 1. The molecule has 2 rings (SSSR count). The van der Waals surface area contributed by atoms with Crippen molar-refractivity contribution in [3.05, 3.63) is 62.1 Å². The van der Waals surface area contributed by atoms with Gasteiger partial charge in [0.1, 0.15) is 11.6 Å². The van der Waals surface area contributed by atoms with Gasteiger partial charge in [0, 0.05) is 10.7 Å². The fourth-order valence-corrected chi connectivity index (χ4v) is 2.94. The number of halogens is 3. The molecule has 0 fully saturated rings. The highest BCUT2D eigenvalue weighted by Gasteiger charge is 2.13. The van der Waals surface area contributed by atoms with Gasteiger partial charge < -0.3 is 10.1 Å². The lowest BCUT2D eigenvalue weighted by Crippen LogP contribution is -2.14. The Morgan fingerprint density at radius 2 is 1.84 bits per heavy atom. The predicted octanol–water partition coefficient (Wildman–Crippen LogP) is 5.51. The van der Waals surface area contributed by atoms with Crippen molar-refractivity contribution in [2.24, 2.45) is 0 Å². The zero-order valence-corrected chi connectivity index (χ0v) is 15.6. The van der Waals surface area contributed by atoms with E-state index in [9.17, 15) is 10.1 Å². The number of ether oxygens (including phenoxy) is 1. The van der Waals surface area contributed by atoms with Crippen molar-refractivity contribution in [1.29, 1.82) is 5.26 Å². The maximum absolute atomic E-state index is 12.4. The molecule has 0 atom stereocenters. The summed E-state index contributed by atoms with van der Waals surface area (Å²) in [5.74, 6) is -0.228. The fraction of sp³-hybridized carbons (Fsp3) is 0.111. The molecular formula is C18H13Cl3N2O2. The van der Waals surface area contributed by atoms with Crippen LogP contribution in [0.1, 0.15) is 11.1 Å². The van der Waals surface area contributed by atoms with Crippen LogP contribution in [0.25, 0.3) is 6.08 Å². The zero-order chi connectivity index (χ0) is 18.6. The molecule has 0 aliphatic heterocycles. The van der Waals surface area contributed by atoms with Crippen LogP contribution >= 0.6 is 34.8 Å². The molecule has 2 aromatic carbocycles. The molecule has 7 heteroatoms. The number of nitrogens with one attached hydrogen (secondary N) is 1. The predicted molar refractivity (Wildman–Crippen MR) is 101 cm³/mol. The Balaban J connectivity index is 2.33. The Kier molecular flexibility index (Phi) is 6.33. The van der Waals surface area contributed by atoms with Gasteiger partial charge in [-0.15, -0.1) is 0 Å². The second kappa shape index (κ2) is 8.26. The van der Waals surface area contributed by atoms with E-state index in [0.717, 1.165) is 0 Å². The third-order valence-electron chi connectivity index (χ3n) is 3.42. The molecule has 0 spiro atoms. The molecule has 0 radical (unpaired) electrons. The van der Waals surface area contributed by atoms with E-state index in [1.54, 1.807) is 37.3 Å². The van der Waals surface area contributed by atoms with Gasteiger partial charge in [0.2, 0.25) is 0 Å². The summed E-state index contributed by atoms with van der Waals surface area (Å²) in [4.78, 5) is 12.4. The van der Waals surface area contributed by atoms with Gasteiger partial charge in [-0.2, -0.15) is 5.26 Å². The van der Waals surface area contributed by atoms with Crippen LogP contribution in [-0.2, 0) is 4.79 Å². The Labute approximate surface area is 160 Å². The molecule has 0 aliphatic carbocycles. The monoisotopic (exact) mass is 394 g/mol. The Morgan fingerprint density at radius 1 is 1.20 bits per heavy atom. The summed E-state index contributed by atoms with van der Waals surface area (Å²) in [6, 6.07) is 10.1. The van der Waals surface area contributed by atoms with Gasteiger partial charge in [-0.05, 0) is 48.4 Å². The van der Waals surface area contributed by atoms with Crippen molar-refractivity contribution in [2.75, 3.05) is 12.4 Å². The van der Waals surface area contributed by atoms with Gasteiger partial charge in [-0.25, -0.2) is 0 Å². The topological polar surface area (TPSA) is 62.1 Å². The van der Waals surface area contributed by atoms with E-state index >= 15 is 0 Å². The summed E-state index contributed by atoms with van der Waals surface area (Å²) in [7, 11) is 1.45. The lowest BCUT2D eigenvalue weighted by molar-refractivity contribution is -0.112. The number of amides is 1. The summed E-state index contributed by atoms with van der Waals surface area (Å²) in [5, 5.41) is 13.1. The van der Waals surface area contributed by atoms with Gasteiger partial charge in [0.05, 0.1) is 17.2 Å². The first kappa shape index (κ1) is 19.1. The first-order valence-corrected chi connectivity index (χ1v) is 8.22. The molecule has 0 unspecified atom stereocenters. The van der Waals surface area contributed by atoms with E-state index in [1.807, 2.05) is 6.07 Å². The minimum absolute atomic E-state index is 0.100. The number of nitrogens with zero attached hydrogens (tertiary/aromatic N) is 1. The quantitative estimate of drug-likeness (QED) is 0.548. The number of anilines is 1. The highest BCUT2D eigenvalue weighted by Crippen LogP contribution is 2.34. The molecule has 4 nitrogen and oxygen atoms in total.